The van der Waals surface area contributed by atoms with E-state index in [0.717, 1.165) is 46.6 Å². The first-order valence-electron chi connectivity index (χ1n) is 11.5. The molecule has 3 aromatic heterocycles. The Kier molecular flexibility index (Phi) is 6.90. The Morgan fingerprint density at radius 1 is 1.21 bits per heavy atom. The van der Waals surface area contributed by atoms with E-state index in [0.29, 0.717) is 24.1 Å². The van der Waals surface area contributed by atoms with Gasteiger partial charge in [-0.15, -0.1) is 11.3 Å². The number of imidazole rings is 1. The van der Waals surface area contributed by atoms with Crippen LogP contribution in [0.3, 0.4) is 0 Å². The molecule has 1 aliphatic rings. The first kappa shape index (κ1) is 24.9. The highest BCUT2D eigenvalue weighted by atomic mass is 32.1. The van der Waals surface area contributed by atoms with E-state index in [9.17, 15) is 18.3 Å². The zero-order chi connectivity index (χ0) is 24.7. The number of aliphatic hydroxyl groups is 1. The molecule has 0 spiro atoms. The molecule has 0 bridgehead atoms. The predicted molar refractivity (Wildman–Crippen MR) is 127 cm³/mol. The molecule has 1 fully saturated rings. The van der Waals surface area contributed by atoms with Gasteiger partial charge >= 0.3 is 6.18 Å². The van der Waals surface area contributed by atoms with E-state index < -0.39 is 24.0 Å². The number of rotatable bonds is 7. The van der Waals surface area contributed by atoms with Crippen LogP contribution >= 0.6 is 11.3 Å². The highest BCUT2D eigenvalue weighted by molar-refractivity contribution is 7.18. The second-order valence-corrected chi connectivity index (χ2v) is 10.5. The van der Waals surface area contributed by atoms with E-state index in [1.54, 1.807) is 11.3 Å². The Balaban J connectivity index is 1.58. The Hall–Kier alpha value is -2.24. The zero-order valence-electron chi connectivity index (χ0n) is 19.9. The zero-order valence-corrected chi connectivity index (χ0v) is 20.7. The van der Waals surface area contributed by atoms with E-state index in [1.807, 2.05) is 13.8 Å². The number of nitrogens with zero attached hydrogens (tertiary/aromatic N) is 5. The minimum absolute atomic E-state index is 0.135. The molecule has 0 aromatic carbocycles. The molecule has 0 radical (unpaired) electrons. The van der Waals surface area contributed by atoms with E-state index >= 15 is 0 Å². The van der Waals surface area contributed by atoms with Gasteiger partial charge in [0.05, 0.1) is 11.9 Å². The number of hydrogen-bond donors (Lipinski definition) is 2. The van der Waals surface area contributed by atoms with E-state index in [1.165, 1.54) is 24.0 Å². The van der Waals surface area contributed by atoms with Crippen LogP contribution in [0.1, 0.15) is 48.3 Å². The van der Waals surface area contributed by atoms with Gasteiger partial charge in [-0.2, -0.15) is 13.2 Å². The maximum Gasteiger partial charge on any atom is 0.424 e. The standard InChI is InChI=1S/C23H31F3N6OS/c1-14-5-10-32(11-6-14)13-17-29-19(18-15(2)16(3)34-20(18)30-17)27-8-7-22(33,23(24,25)26)21-28-9-12-31(21)4/h9,12,14,33H,5-8,10-11,13H2,1-4H3,(H,27,29,30). The predicted octanol–water partition coefficient (Wildman–Crippen LogP) is 4.53. The Bertz CT molecular complexity index is 1150. The first-order valence-corrected chi connectivity index (χ1v) is 12.3. The Morgan fingerprint density at radius 3 is 2.53 bits per heavy atom. The summed E-state index contributed by atoms with van der Waals surface area (Å²) in [7, 11) is 1.44. The summed E-state index contributed by atoms with van der Waals surface area (Å²) in [6.07, 6.45) is -0.576. The maximum absolute atomic E-state index is 13.9. The molecule has 0 amide bonds. The highest BCUT2D eigenvalue weighted by Crippen LogP contribution is 2.41. The van der Waals surface area contributed by atoms with Crippen LogP contribution < -0.4 is 5.32 Å². The fourth-order valence-corrected chi connectivity index (χ4v) is 5.47. The summed E-state index contributed by atoms with van der Waals surface area (Å²) in [4.78, 5) is 17.5. The van der Waals surface area contributed by atoms with E-state index in [-0.39, 0.29) is 6.54 Å². The number of hydrogen-bond acceptors (Lipinski definition) is 7. The lowest BCUT2D eigenvalue weighted by Crippen LogP contribution is -2.45. The second-order valence-electron chi connectivity index (χ2n) is 9.31. The lowest BCUT2D eigenvalue weighted by molar-refractivity contribution is -0.271. The highest BCUT2D eigenvalue weighted by Gasteiger charge is 2.57. The molecular formula is C23H31F3N6OS. The first-order chi connectivity index (χ1) is 16.0. The summed E-state index contributed by atoms with van der Waals surface area (Å²) in [5, 5.41) is 14.5. The number of fused-ring (bicyclic) bond motifs is 1. The van der Waals surface area contributed by atoms with Crippen molar-refractivity contribution in [1.82, 2.24) is 24.4 Å². The molecule has 7 nitrogen and oxygen atoms in total. The smallest absolute Gasteiger partial charge is 0.374 e. The molecular weight excluding hydrogens is 465 g/mol. The summed E-state index contributed by atoms with van der Waals surface area (Å²) < 4.78 is 42.9. The molecule has 0 aliphatic carbocycles. The summed E-state index contributed by atoms with van der Waals surface area (Å²) in [5.74, 6) is 1.44. The van der Waals surface area contributed by atoms with Crippen molar-refractivity contribution in [3.05, 3.63) is 34.5 Å². The minimum Gasteiger partial charge on any atom is -0.374 e. The second kappa shape index (κ2) is 9.43. The molecule has 1 aliphatic heterocycles. The molecule has 186 valence electrons. The Morgan fingerprint density at radius 2 is 1.91 bits per heavy atom. The number of anilines is 1. The fourth-order valence-electron chi connectivity index (χ4n) is 4.42. The van der Waals surface area contributed by atoms with Crippen LogP contribution in [0, 0.1) is 19.8 Å². The molecule has 0 saturated carbocycles. The van der Waals surface area contributed by atoms with Crippen LogP contribution in [0.5, 0.6) is 0 Å². The van der Waals surface area contributed by atoms with Crippen LogP contribution in [0.2, 0.25) is 0 Å². The van der Waals surface area contributed by atoms with Crippen LogP contribution in [-0.4, -0.2) is 55.3 Å². The number of nitrogens with one attached hydrogen (secondary N) is 1. The number of thiophene rings is 1. The van der Waals surface area contributed by atoms with Gasteiger partial charge < -0.3 is 15.0 Å². The number of aromatic nitrogens is 4. The summed E-state index contributed by atoms with van der Waals surface area (Å²) >= 11 is 1.56. The third-order valence-electron chi connectivity index (χ3n) is 6.76. The van der Waals surface area contributed by atoms with Gasteiger partial charge in [0.2, 0.25) is 5.60 Å². The summed E-state index contributed by atoms with van der Waals surface area (Å²) in [6, 6.07) is 0. The summed E-state index contributed by atoms with van der Waals surface area (Å²) in [6.45, 7) is 8.66. The number of halogens is 3. The van der Waals surface area contributed by atoms with Gasteiger partial charge in [0.1, 0.15) is 22.3 Å². The summed E-state index contributed by atoms with van der Waals surface area (Å²) in [5.41, 5.74) is -2.06. The molecule has 1 unspecified atom stereocenters. The van der Waals surface area contributed by atoms with Crippen LogP contribution in [0.25, 0.3) is 10.2 Å². The normalized spacial score (nSPS) is 17.9. The fraction of sp³-hybridized carbons (Fsp3) is 0.609. The largest absolute Gasteiger partial charge is 0.424 e. The third-order valence-corrected chi connectivity index (χ3v) is 7.86. The molecule has 1 atom stereocenters. The van der Waals surface area contributed by atoms with E-state index in [2.05, 4.69) is 22.1 Å². The lowest BCUT2D eigenvalue weighted by Gasteiger charge is -2.30. The van der Waals surface area contributed by atoms with Crippen LogP contribution in [-0.2, 0) is 19.2 Å². The van der Waals surface area contributed by atoms with E-state index in [4.69, 9.17) is 9.97 Å². The van der Waals surface area contributed by atoms with Crippen molar-refractivity contribution < 1.29 is 18.3 Å². The molecule has 11 heteroatoms. The average molecular weight is 497 g/mol. The molecule has 2 N–H and O–H groups in total. The molecule has 4 heterocycles. The van der Waals surface area contributed by atoms with Crippen LogP contribution in [0.15, 0.2) is 12.4 Å². The van der Waals surface area contributed by atoms with Crippen molar-refractivity contribution in [1.29, 1.82) is 0 Å². The topological polar surface area (TPSA) is 79.1 Å². The van der Waals surface area contributed by atoms with Gasteiger partial charge in [0.25, 0.3) is 0 Å². The molecule has 34 heavy (non-hydrogen) atoms. The Labute approximate surface area is 201 Å². The van der Waals surface area contributed by atoms with Crippen molar-refractivity contribution >= 4 is 27.4 Å². The lowest BCUT2D eigenvalue weighted by atomic mass is 9.97. The van der Waals surface area contributed by atoms with Crippen molar-refractivity contribution in [2.24, 2.45) is 13.0 Å². The van der Waals surface area contributed by atoms with Crippen molar-refractivity contribution in [2.75, 3.05) is 25.0 Å². The SMILES string of the molecule is Cc1sc2nc(CN3CCC(C)CC3)nc(NCCC(O)(c3nccn3C)C(F)(F)F)c2c1C. The monoisotopic (exact) mass is 496 g/mol. The molecule has 3 aromatic rings. The van der Waals surface area contributed by atoms with Gasteiger partial charge in [-0.3, -0.25) is 4.90 Å². The third kappa shape index (κ3) is 4.78. The number of aryl methyl sites for hydroxylation is 3. The maximum atomic E-state index is 13.9. The molecule has 4 rings (SSSR count). The average Bonchev–Trinajstić information content (AvgIpc) is 3.32. The van der Waals surface area contributed by atoms with Crippen molar-refractivity contribution in [3.63, 3.8) is 0 Å². The quantitative estimate of drug-likeness (QED) is 0.501. The van der Waals surface area contributed by atoms with Crippen molar-refractivity contribution in [3.8, 4) is 0 Å². The number of likely N-dealkylation sites (tertiary alicyclic amines) is 1. The molecule has 1 saturated heterocycles. The van der Waals surface area contributed by atoms with Gasteiger partial charge in [0, 0.05) is 37.3 Å². The minimum atomic E-state index is -4.87. The van der Waals surface area contributed by atoms with Gasteiger partial charge in [-0.25, -0.2) is 15.0 Å². The van der Waals surface area contributed by atoms with Gasteiger partial charge in [-0.1, -0.05) is 6.92 Å². The number of alkyl halides is 3. The van der Waals surface area contributed by atoms with Crippen LogP contribution in [0.4, 0.5) is 19.0 Å². The van der Waals surface area contributed by atoms with Crippen molar-refractivity contribution in [2.45, 2.75) is 58.4 Å². The van der Waals surface area contributed by atoms with Gasteiger partial charge in [-0.05, 0) is 51.3 Å². The van der Waals surface area contributed by atoms with Gasteiger partial charge in [0.15, 0.2) is 0 Å². The number of piperidine rings is 1.